The maximum absolute atomic E-state index is 13.6. The van der Waals surface area contributed by atoms with Crippen molar-refractivity contribution in [1.82, 2.24) is 9.99 Å². The van der Waals surface area contributed by atoms with E-state index in [0.717, 1.165) is 41.7 Å². The summed E-state index contributed by atoms with van der Waals surface area (Å²) in [5.74, 6) is -0.800. The molecule has 3 aromatic carbocycles. The van der Waals surface area contributed by atoms with Crippen molar-refractivity contribution in [3.8, 4) is 0 Å². The van der Waals surface area contributed by atoms with Crippen molar-refractivity contribution < 1.29 is 14.3 Å². The van der Waals surface area contributed by atoms with E-state index in [0.29, 0.717) is 22.2 Å². The number of carbonyl (C=O) groups is 2. The minimum Gasteiger partial charge on any atom is -0.452 e. The van der Waals surface area contributed by atoms with Crippen molar-refractivity contribution in [1.29, 1.82) is 0 Å². The molecule has 2 atom stereocenters. The maximum atomic E-state index is 13.6. The fourth-order valence-corrected chi connectivity index (χ4v) is 5.69. The second-order valence-corrected chi connectivity index (χ2v) is 10.1. The summed E-state index contributed by atoms with van der Waals surface area (Å²) >= 11 is 0. The van der Waals surface area contributed by atoms with Gasteiger partial charge in [0.15, 0.2) is 6.61 Å². The second kappa shape index (κ2) is 10.7. The van der Waals surface area contributed by atoms with E-state index < -0.39 is 5.97 Å². The van der Waals surface area contributed by atoms with Gasteiger partial charge in [0.2, 0.25) is 0 Å². The SMILES string of the molecule is Cc1cc(C(=O)OCC(=O)N2N=C3/C(=C/c4ccccc4)CCCC3C2c2ccccc2)c2ccccc2n1. The summed E-state index contributed by atoms with van der Waals surface area (Å²) in [4.78, 5) is 31.2. The standard InChI is InChI=1S/C33H29N3O3/c1-22-19-28(26-16-8-9-18-29(26)34-22)33(38)39-21-30(37)36-32(24-13-6-3-7-14-24)27-17-10-15-25(31(27)35-36)20-23-11-4-2-5-12-23/h2-9,11-14,16,18-20,27,32H,10,15,17,21H2,1H3/b25-20+. The van der Waals surface area contributed by atoms with Crippen LogP contribution in [-0.4, -0.2) is 34.2 Å². The fraction of sp³-hybridized carbons (Fsp3) is 0.212. The Morgan fingerprint density at radius 2 is 1.69 bits per heavy atom. The van der Waals surface area contributed by atoms with Crippen LogP contribution in [0.1, 0.15) is 52.5 Å². The number of ether oxygens (including phenoxy) is 1. The smallest absolute Gasteiger partial charge is 0.339 e. The number of carbonyl (C=O) groups excluding carboxylic acids is 2. The quantitative estimate of drug-likeness (QED) is 0.284. The number of aryl methyl sites for hydroxylation is 1. The summed E-state index contributed by atoms with van der Waals surface area (Å²) in [7, 11) is 0. The molecule has 1 aliphatic carbocycles. The zero-order valence-electron chi connectivity index (χ0n) is 21.8. The van der Waals surface area contributed by atoms with Crippen LogP contribution in [0.25, 0.3) is 17.0 Å². The van der Waals surface area contributed by atoms with Crippen molar-refractivity contribution >= 4 is 34.6 Å². The number of hydrogen-bond acceptors (Lipinski definition) is 5. The third kappa shape index (κ3) is 4.98. The zero-order valence-corrected chi connectivity index (χ0v) is 21.8. The molecule has 2 unspecified atom stereocenters. The van der Waals surface area contributed by atoms with E-state index in [-0.39, 0.29) is 24.5 Å². The molecule has 6 heteroatoms. The third-order valence-corrected chi connectivity index (χ3v) is 7.43. The number of esters is 1. The highest BCUT2D eigenvalue weighted by Crippen LogP contribution is 2.44. The topological polar surface area (TPSA) is 71.9 Å². The van der Waals surface area contributed by atoms with Gasteiger partial charge in [0, 0.05) is 17.0 Å². The number of benzene rings is 3. The molecule has 194 valence electrons. The molecule has 2 aliphatic rings. The Labute approximate surface area is 227 Å². The van der Waals surface area contributed by atoms with E-state index in [4.69, 9.17) is 9.84 Å². The fourth-order valence-electron chi connectivity index (χ4n) is 5.69. The van der Waals surface area contributed by atoms with Gasteiger partial charge in [0.05, 0.1) is 22.8 Å². The van der Waals surface area contributed by atoms with Gasteiger partial charge < -0.3 is 4.74 Å². The number of para-hydroxylation sites is 1. The van der Waals surface area contributed by atoms with E-state index in [1.165, 1.54) is 0 Å². The average Bonchev–Trinajstić information content (AvgIpc) is 3.37. The third-order valence-electron chi connectivity index (χ3n) is 7.43. The number of hydrogen-bond donors (Lipinski definition) is 0. The Hall–Kier alpha value is -4.58. The lowest BCUT2D eigenvalue weighted by molar-refractivity contribution is -0.137. The highest BCUT2D eigenvalue weighted by molar-refractivity contribution is 6.08. The molecule has 6 rings (SSSR count). The summed E-state index contributed by atoms with van der Waals surface area (Å²) in [6.45, 7) is 1.44. The summed E-state index contributed by atoms with van der Waals surface area (Å²) in [5, 5.41) is 7.14. The predicted molar refractivity (Wildman–Crippen MR) is 152 cm³/mol. The Balaban J connectivity index is 1.29. The highest BCUT2D eigenvalue weighted by atomic mass is 16.5. The summed E-state index contributed by atoms with van der Waals surface area (Å²) in [6.07, 6.45) is 5.06. The molecule has 1 amide bonds. The normalized spacial score (nSPS) is 19.6. The van der Waals surface area contributed by atoms with Gasteiger partial charge in [-0.2, -0.15) is 5.10 Å². The molecular formula is C33H29N3O3. The summed E-state index contributed by atoms with van der Waals surface area (Å²) in [6, 6.07) is 29.1. The van der Waals surface area contributed by atoms with Crippen LogP contribution in [0.4, 0.5) is 0 Å². The molecule has 2 heterocycles. The second-order valence-electron chi connectivity index (χ2n) is 10.1. The molecule has 1 fully saturated rings. The molecule has 6 nitrogen and oxygen atoms in total. The molecule has 1 aromatic heterocycles. The monoisotopic (exact) mass is 515 g/mol. The van der Waals surface area contributed by atoms with Crippen LogP contribution < -0.4 is 0 Å². The number of amides is 1. The van der Waals surface area contributed by atoms with Crippen LogP contribution in [0.5, 0.6) is 0 Å². The lowest BCUT2D eigenvalue weighted by Gasteiger charge is -2.29. The minimum atomic E-state index is -0.546. The van der Waals surface area contributed by atoms with Crippen LogP contribution in [0.3, 0.4) is 0 Å². The first-order valence-corrected chi connectivity index (χ1v) is 13.3. The van der Waals surface area contributed by atoms with Crippen LogP contribution in [0.2, 0.25) is 0 Å². The Bertz CT molecular complexity index is 1590. The van der Waals surface area contributed by atoms with Gasteiger partial charge in [-0.25, -0.2) is 9.80 Å². The highest BCUT2D eigenvalue weighted by Gasteiger charge is 2.43. The van der Waals surface area contributed by atoms with Crippen molar-refractivity contribution in [2.24, 2.45) is 11.0 Å². The number of nitrogens with zero attached hydrogens (tertiary/aromatic N) is 3. The number of hydrazone groups is 1. The molecule has 4 aromatic rings. The lowest BCUT2D eigenvalue weighted by atomic mass is 9.77. The van der Waals surface area contributed by atoms with Gasteiger partial charge in [0.1, 0.15) is 0 Å². The van der Waals surface area contributed by atoms with Gasteiger partial charge in [-0.3, -0.25) is 9.78 Å². The van der Waals surface area contributed by atoms with Crippen molar-refractivity contribution in [2.45, 2.75) is 32.2 Å². The first-order chi connectivity index (χ1) is 19.1. The first-order valence-electron chi connectivity index (χ1n) is 13.3. The summed E-state index contributed by atoms with van der Waals surface area (Å²) < 4.78 is 5.58. The van der Waals surface area contributed by atoms with Crippen molar-refractivity contribution in [2.75, 3.05) is 6.61 Å². The van der Waals surface area contributed by atoms with Crippen molar-refractivity contribution in [3.05, 3.63) is 119 Å². The van der Waals surface area contributed by atoms with E-state index in [1.54, 1.807) is 11.1 Å². The Morgan fingerprint density at radius 3 is 2.49 bits per heavy atom. The van der Waals surface area contributed by atoms with Gasteiger partial charge in [-0.1, -0.05) is 78.9 Å². The van der Waals surface area contributed by atoms with Crippen LogP contribution in [-0.2, 0) is 9.53 Å². The maximum Gasteiger partial charge on any atom is 0.339 e. The van der Waals surface area contributed by atoms with Gasteiger partial charge in [-0.15, -0.1) is 0 Å². The molecule has 0 saturated heterocycles. The van der Waals surface area contributed by atoms with Gasteiger partial charge in [-0.05, 0) is 61.1 Å². The molecule has 1 aliphatic heterocycles. The molecular weight excluding hydrogens is 486 g/mol. The van der Waals surface area contributed by atoms with Crippen LogP contribution in [0.15, 0.2) is 102 Å². The molecule has 39 heavy (non-hydrogen) atoms. The predicted octanol–water partition coefficient (Wildman–Crippen LogP) is 6.52. The molecule has 0 spiro atoms. The van der Waals surface area contributed by atoms with Gasteiger partial charge >= 0.3 is 5.97 Å². The summed E-state index contributed by atoms with van der Waals surface area (Å²) in [5.41, 5.74) is 6.08. The van der Waals surface area contributed by atoms with E-state index in [9.17, 15) is 9.59 Å². The number of allylic oxidation sites excluding steroid dienone is 1. The molecule has 1 saturated carbocycles. The van der Waals surface area contributed by atoms with E-state index in [2.05, 4.69) is 23.2 Å². The average molecular weight is 516 g/mol. The number of rotatable bonds is 5. The lowest BCUT2D eigenvalue weighted by Crippen LogP contribution is -2.34. The van der Waals surface area contributed by atoms with Crippen molar-refractivity contribution in [3.63, 3.8) is 0 Å². The van der Waals surface area contributed by atoms with Crippen LogP contribution in [0, 0.1) is 12.8 Å². The zero-order chi connectivity index (χ0) is 26.8. The number of pyridine rings is 1. The largest absolute Gasteiger partial charge is 0.452 e. The van der Waals surface area contributed by atoms with E-state index >= 15 is 0 Å². The molecule has 0 radical (unpaired) electrons. The molecule has 0 bridgehead atoms. The minimum absolute atomic E-state index is 0.0857. The van der Waals surface area contributed by atoms with Crippen LogP contribution >= 0.6 is 0 Å². The Kier molecular flexibility index (Phi) is 6.76. The van der Waals surface area contributed by atoms with E-state index in [1.807, 2.05) is 79.7 Å². The first kappa shape index (κ1) is 24.7. The number of fused-ring (bicyclic) bond motifs is 2. The number of aromatic nitrogens is 1. The molecule has 0 N–H and O–H groups in total. The van der Waals surface area contributed by atoms with Gasteiger partial charge in [0.25, 0.3) is 5.91 Å². The Morgan fingerprint density at radius 1 is 0.974 bits per heavy atom.